The van der Waals surface area contributed by atoms with Crippen LogP contribution in [0, 0.1) is 5.92 Å². The normalized spacial score (nSPS) is 49.2. The molecule has 5 heteroatoms. The minimum absolute atomic E-state index is 0.415. The van der Waals surface area contributed by atoms with Gasteiger partial charge in [-0.25, -0.2) is 0 Å². The second-order valence-corrected chi connectivity index (χ2v) is 3.09. The predicted octanol–water partition coefficient (Wildman–Crippen LogP) is -1.95. The third kappa shape index (κ3) is 1.60. The first-order chi connectivity index (χ1) is 5.57. The van der Waals surface area contributed by atoms with Crippen molar-refractivity contribution in [2.24, 2.45) is 5.92 Å². The van der Waals surface area contributed by atoms with Crippen LogP contribution in [0.15, 0.2) is 0 Å². The van der Waals surface area contributed by atoms with Crippen LogP contribution in [0.2, 0.25) is 0 Å². The largest absolute Gasteiger partial charge is 0.394 e. The van der Waals surface area contributed by atoms with E-state index in [0.717, 1.165) is 0 Å². The Morgan fingerprint density at radius 1 is 1.17 bits per heavy atom. The number of hydrogen-bond acceptors (Lipinski definition) is 5. The molecule has 0 aromatic rings. The van der Waals surface area contributed by atoms with Gasteiger partial charge in [-0.3, -0.25) is 0 Å². The maximum absolute atomic E-state index is 9.32. The number of rotatable bonds is 1. The lowest BCUT2D eigenvalue weighted by Crippen LogP contribution is -2.54. The molecule has 0 aromatic carbocycles. The summed E-state index contributed by atoms with van der Waals surface area (Å²) in [7, 11) is 0. The molecule has 5 unspecified atom stereocenters. The van der Waals surface area contributed by atoms with Crippen LogP contribution < -0.4 is 0 Å². The molecule has 5 nitrogen and oxygen atoms in total. The van der Waals surface area contributed by atoms with Crippen molar-refractivity contribution in [1.82, 2.24) is 0 Å². The first kappa shape index (κ1) is 9.88. The maximum atomic E-state index is 9.32. The molecule has 1 rings (SSSR count). The first-order valence-electron chi connectivity index (χ1n) is 3.88. The van der Waals surface area contributed by atoms with E-state index in [0.29, 0.717) is 0 Å². The second kappa shape index (κ2) is 3.68. The van der Waals surface area contributed by atoms with Crippen molar-refractivity contribution in [2.75, 3.05) is 6.61 Å². The molecule has 0 amide bonds. The number of hydrogen-bond donors (Lipinski definition) is 4. The van der Waals surface area contributed by atoms with Crippen LogP contribution in [-0.4, -0.2) is 51.6 Å². The van der Waals surface area contributed by atoms with E-state index in [1.165, 1.54) is 0 Å². The molecule has 0 spiro atoms. The number of aliphatic hydroxyl groups is 4. The third-order valence-electron chi connectivity index (χ3n) is 2.21. The van der Waals surface area contributed by atoms with Crippen LogP contribution in [0.1, 0.15) is 6.92 Å². The fourth-order valence-electron chi connectivity index (χ4n) is 1.23. The molecule has 1 saturated heterocycles. The molecule has 0 radical (unpaired) electrons. The Labute approximate surface area is 70.2 Å². The van der Waals surface area contributed by atoms with Gasteiger partial charge in [0, 0.05) is 5.92 Å². The molecule has 72 valence electrons. The smallest absolute Gasteiger partial charge is 0.160 e. The fraction of sp³-hybridized carbons (Fsp3) is 1.00. The lowest BCUT2D eigenvalue weighted by molar-refractivity contribution is -0.266. The molecule has 0 saturated carbocycles. The summed E-state index contributed by atoms with van der Waals surface area (Å²) in [5.41, 5.74) is 0. The van der Waals surface area contributed by atoms with Gasteiger partial charge < -0.3 is 25.2 Å². The second-order valence-electron chi connectivity index (χ2n) is 3.09. The zero-order chi connectivity index (χ0) is 9.30. The lowest BCUT2D eigenvalue weighted by Gasteiger charge is -2.38. The quantitative estimate of drug-likeness (QED) is 0.375. The summed E-state index contributed by atoms with van der Waals surface area (Å²) in [6.07, 6.45) is -4.20. The Hall–Kier alpha value is -0.200. The van der Waals surface area contributed by atoms with Gasteiger partial charge in [-0.05, 0) is 0 Å². The van der Waals surface area contributed by atoms with Crippen LogP contribution in [0.25, 0.3) is 0 Å². The first-order valence-corrected chi connectivity index (χ1v) is 3.88. The van der Waals surface area contributed by atoms with Crippen molar-refractivity contribution in [2.45, 2.75) is 31.5 Å². The van der Waals surface area contributed by atoms with E-state index in [1.54, 1.807) is 6.92 Å². The third-order valence-corrected chi connectivity index (χ3v) is 2.21. The van der Waals surface area contributed by atoms with Gasteiger partial charge in [0.15, 0.2) is 6.29 Å². The van der Waals surface area contributed by atoms with Crippen molar-refractivity contribution in [1.29, 1.82) is 0 Å². The van der Waals surface area contributed by atoms with E-state index in [-0.39, 0.29) is 0 Å². The SMILES string of the molecule is CC1C(O)OC(CO)C(O)C1O. The summed E-state index contributed by atoms with van der Waals surface area (Å²) >= 11 is 0. The summed E-state index contributed by atoms with van der Waals surface area (Å²) in [5.74, 6) is -0.539. The highest BCUT2D eigenvalue weighted by Crippen LogP contribution is 2.23. The molecule has 0 bridgehead atoms. The topological polar surface area (TPSA) is 90.2 Å². The number of aliphatic hydroxyl groups excluding tert-OH is 4. The van der Waals surface area contributed by atoms with Crippen molar-refractivity contribution < 1.29 is 25.2 Å². The van der Waals surface area contributed by atoms with Crippen LogP contribution in [0.5, 0.6) is 0 Å². The van der Waals surface area contributed by atoms with Gasteiger partial charge in [-0.15, -0.1) is 0 Å². The molecule has 1 aliphatic heterocycles. The van der Waals surface area contributed by atoms with E-state index >= 15 is 0 Å². The van der Waals surface area contributed by atoms with E-state index < -0.39 is 37.1 Å². The van der Waals surface area contributed by atoms with E-state index in [2.05, 4.69) is 0 Å². The van der Waals surface area contributed by atoms with Crippen LogP contribution >= 0.6 is 0 Å². The van der Waals surface area contributed by atoms with E-state index in [9.17, 15) is 10.2 Å². The molecule has 5 atom stereocenters. The Balaban J connectivity index is 2.63. The Morgan fingerprint density at radius 2 is 1.75 bits per heavy atom. The molecule has 0 aromatic heterocycles. The maximum Gasteiger partial charge on any atom is 0.160 e. The summed E-state index contributed by atoms with van der Waals surface area (Å²) in [5, 5.41) is 36.4. The molecule has 12 heavy (non-hydrogen) atoms. The highest BCUT2D eigenvalue weighted by atomic mass is 16.6. The van der Waals surface area contributed by atoms with Gasteiger partial charge in [0.05, 0.1) is 12.7 Å². The van der Waals surface area contributed by atoms with E-state index in [4.69, 9.17) is 14.9 Å². The molecule has 1 fully saturated rings. The molecular weight excluding hydrogens is 164 g/mol. The van der Waals surface area contributed by atoms with Crippen molar-refractivity contribution in [3.63, 3.8) is 0 Å². The molecular formula is C7H14O5. The monoisotopic (exact) mass is 178 g/mol. The van der Waals surface area contributed by atoms with Gasteiger partial charge in [0.1, 0.15) is 12.2 Å². The minimum Gasteiger partial charge on any atom is -0.394 e. The Morgan fingerprint density at radius 3 is 2.25 bits per heavy atom. The van der Waals surface area contributed by atoms with Crippen molar-refractivity contribution >= 4 is 0 Å². The summed E-state index contributed by atoms with van der Waals surface area (Å²) < 4.78 is 4.83. The Bertz CT molecular complexity index is 146. The average molecular weight is 178 g/mol. The summed E-state index contributed by atoms with van der Waals surface area (Å²) in [6, 6.07) is 0. The molecule has 1 heterocycles. The van der Waals surface area contributed by atoms with Crippen LogP contribution in [-0.2, 0) is 4.74 Å². The fourth-order valence-corrected chi connectivity index (χ4v) is 1.23. The van der Waals surface area contributed by atoms with Gasteiger partial charge in [-0.1, -0.05) is 6.92 Å². The minimum atomic E-state index is -1.13. The zero-order valence-corrected chi connectivity index (χ0v) is 6.79. The van der Waals surface area contributed by atoms with Crippen molar-refractivity contribution in [3.8, 4) is 0 Å². The average Bonchev–Trinajstić information content (AvgIpc) is 2.08. The molecule has 1 aliphatic rings. The lowest BCUT2D eigenvalue weighted by atomic mass is 9.93. The van der Waals surface area contributed by atoms with Gasteiger partial charge in [-0.2, -0.15) is 0 Å². The standard InChI is InChI=1S/C7H14O5/c1-3-5(9)6(10)4(2-8)12-7(3)11/h3-11H,2H2,1H3. The van der Waals surface area contributed by atoms with Gasteiger partial charge >= 0.3 is 0 Å². The highest BCUT2D eigenvalue weighted by Gasteiger charge is 2.40. The van der Waals surface area contributed by atoms with Crippen LogP contribution in [0.3, 0.4) is 0 Å². The van der Waals surface area contributed by atoms with Crippen molar-refractivity contribution in [3.05, 3.63) is 0 Å². The van der Waals surface area contributed by atoms with Gasteiger partial charge in [0.25, 0.3) is 0 Å². The van der Waals surface area contributed by atoms with Crippen LogP contribution in [0.4, 0.5) is 0 Å². The molecule has 0 aliphatic carbocycles. The summed E-state index contributed by atoms with van der Waals surface area (Å²) in [6.45, 7) is 1.15. The highest BCUT2D eigenvalue weighted by molar-refractivity contribution is 4.86. The van der Waals surface area contributed by atoms with E-state index in [1.807, 2.05) is 0 Å². The predicted molar refractivity (Wildman–Crippen MR) is 39.1 cm³/mol. The van der Waals surface area contributed by atoms with Gasteiger partial charge in [0.2, 0.25) is 0 Å². The number of ether oxygens (including phenoxy) is 1. The molecule has 4 N–H and O–H groups in total. The zero-order valence-electron chi connectivity index (χ0n) is 6.79. The Kier molecular flexibility index (Phi) is 3.03. The summed E-state index contributed by atoms with van der Waals surface area (Å²) in [4.78, 5) is 0.